The quantitative estimate of drug-likeness (QED) is 0.180. The standard InChI is InChI=1S/C26H37N4PS/c1-5-11-27-13-15-29-19-8-9-20(30-16-14-28-12-6-2)24-23(19)18(4)22-17(3)7-10-21(31)25(22)26(24)32/h7-10,27-30H,4-6,11-16,31H2,1-3H3. The first kappa shape index (κ1) is 24.9. The molecule has 32 heavy (non-hydrogen) atoms. The molecule has 1 aliphatic rings. The molecular formula is C26H37N4PS. The molecule has 0 aliphatic heterocycles. The number of benzene rings is 2. The van der Waals surface area contributed by atoms with E-state index in [2.05, 4.69) is 82.1 Å². The van der Waals surface area contributed by atoms with Gasteiger partial charge in [0.1, 0.15) is 0 Å². The van der Waals surface area contributed by atoms with Crippen molar-refractivity contribution < 1.29 is 0 Å². The molecule has 172 valence electrons. The molecule has 4 nitrogen and oxygen atoms in total. The van der Waals surface area contributed by atoms with Crippen LogP contribution in [-0.4, -0.2) is 44.1 Å². The minimum Gasteiger partial charge on any atom is -0.383 e. The molecule has 2 aromatic carbocycles. The fourth-order valence-electron chi connectivity index (χ4n) is 4.23. The fraction of sp³-hybridized carbons (Fsp3) is 0.423. The van der Waals surface area contributed by atoms with Crippen molar-refractivity contribution in [3.63, 3.8) is 0 Å². The van der Waals surface area contributed by atoms with Gasteiger partial charge in [-0.1, -0.05) is 44.8 Å². The molecule has 2 aromatic rings. The zero-order valence-electron chi connectivity index (χ0n) is 19.7. The topological polar surface area (TPSA) is 48.1 Å². The van der Waals surface area contributed by atoms with Gasteiger partial charge in [0, 0.05) is 54.2 Å². The van der Waals surface area contributed by atoms with Gasteiger partial charge in [-0.25, -0.2) is 0 Å². The van der Waals surface area contributed by atoms with Crippen LogP contribution in [0.25, 0.3) is 5.57 Å². The van der Waals surface area contributed by atoms with E-state index in [9.17, 15) is 0 Å². The Bertz CT molecular complexity index is 908. The maximum absolute atomic E-state index is 6.10. The molecule has 6 heteroatoms. The Morgan fingerprint density at radius 3 is 1.88 bits per heavy atom. The van der Waals surface area contributed by atoms with E-state index < -0.39 is 0 Å². The van der Waals surface area contributed by atoms with Crippen molar-refractivity contribution in [2.24, 2.45) is 0 Å². The molecule has 4 N–H and O–H groups in total. The molecule has 0 aromatic heterocycles. The molecule has 0 amide bonds. The Morgan fingerprint density at radius 1 is 0.750 bits per heavy atom. The Balaban J connectivity index is 1.97. The number of hydrogen-bond acceptors (Lipinski definition) is 5. The minimum absolute atomic E-state index is 0.851. The van der Waals surface area contributed by atoms with Crippen molar-refractivity contribution in [3.05, 3.63) is 58.7 Å². The maximum Gasteiger partial charge on any atom is 0.0562 e. The Kier molecular flexibility index (Phi) is 9.24. The second kappa shape index (κ2) is 11.9. The second-order valence-electron chi connectivity index (χ2n) is 8.29. The largest absolute Gasteiger partial charge is 0.383 e. The highest BCUT2D eigenvalue weighted by Crippen LogP contribution is 2.43. The van der Waals surface area contributed by atoms with Crippen LogP contribution >= 0.6 is 21.5 Å². The van der Waals surface area contributed by atoms with Crippen LogP contribution in [0.2, 0.25) is 0 Å². The molecule has 0 radical (unpaired) electrons. The lowest BCUT2D eigenvalue weighted by Gasteiger charge is -2.30. The number of hydrogen-bond donors (Lipinski definition) is 4. The second-order valence-corrected chi connectivity index (χ2v) is 9.32. The first-order valence-corrected chi connectivity index (χ1v) is 12.7. The van der Waals surface area contributed by atoms with Crippen LogP contribution in [0.4, 0.5) is 11.4 Å². The highest BCUT2D eigenvalue weighted by molar-refractivity contribution is 7.81. The van der Waals surface area contributed by atoms with E-state index >= 15 is 0 Å². The van der Waals surface area contributed by atoms with Gasteiger partial charge < -0.3 is 21.3 Å². The van der Waals surface area contributed by atoms with Crippen LogP contribution in [0.5, 0.6) is 0 Å². The predicted molar refractivity (Wildman–Crippen MR) is 149 cm³/mol. The van der Waals surface area contributed by atoms with Crippen LogP contribution in [-0.2, 0) is 0 Å². The minimum atomic E-state index is 0.851. The van der Waals surface area contributed by atoms with Gasteiger partial charge in [0.25, 0.3) is 0 Å². The van der Waals surface area contributed by atoms with E-state index in [1.165, 1.54) is 11.1 Å². The summed E-state index contributed by atoms with van der Waals surface area (Å²) < 4.78 is 0. The number of rotatable bonds is 12. The van der Waals surface area contributed by atoms with E-state index in [1.807, 2.05) is 0 Å². The normalized spacial score (nSPS) is 12.5. The van der Waals surface area contributed by atoms with Crippen LogP contribution < -0.4 is 26.6 Å². The molecule has 0 heterocycles. The predicted octanol–water partition coefficient (Wildman–Crippen LogP) is 4.46. The summed E-state index contributed by atoms with van der Waals surface area (Å²) in [6.07, 6.45) is 2.28. The number of nitrogens with one attached hydrogen (secondary N) is 4. The highest BCUT2D eigenvalue weighted by Gasteiger charge is 2.30. The summed E-state index contributed by atoms with van der Waals surface area (Å²) in [5, 5.41) is 15.3. The van der Waals surface area contributed by atoms with E-state index in [1.54, 1.807) is 0 Å². The molecule has 0 spiro atoms. The van der Waals surface area contributed by atoms with E-state index in [0.29, 0.717) is 0 Å². The lowest BCUT2D eigenvalue weighted by Crippen LogP contribution is -2.27. The molecule has 1 aliphatic carbocycles. The number of thiocarbonyl (C=S) groups is 1. The Morgan fingerprint density at radius 2 is 1.31 bits per heavy atom. The van der Waals surface area contributed by atoms with E-state index in [0.717, 1.165) is 95.9 Å². The summed E-state index contributed by atoms with van der Waals surface area (Å²) in [5.41, 5.74) is 8.94. The Labute approximate surface area is 201 Å². The monoisotopic (exact) mass is 468 g/mol. The van der Waals surface area contributed by atoms with E-state index in [4.69, 9.17) is 12.2 Å². The van der Waals surface area contributed by atoms with Gasteiger partial charge in [-0.05, 0) is 67.0 Å². The number of fused-ring (bicyclic) bond motifs is 2. The lowest BCUT2D eigenvalue weighted by atomic mass is 9.79. The fourth-order valence-corrected chi connectivity index (χ4v) is 5.15. The summed E-state index contributed by atoms with van der Waals surface area (Å²) in [6, 6.07) is 8.61. The van der Waals surface area contributed by atoms with Crippen LogP contribution in [0, 0.1) is 6.92 Å². The van der Waals surface area contributed by atoms with Crippen molar-refractivity contribution in [1.29, 1.82) is 0 Å². The van der Waals surface area contributed by atoms with Gasteiger partial charge in [-0.2, -0.15) is 0 Å². The molecule has 0 bridgehead atoms. The van der Waals surface area contributed by atoms with Crippen molar-refractivity contribution in [1.82, 2.24) is 10.6 Å². The molecule has 1 atom stereocenters. The molecule has 0 saturated heterocycles. The van der Waals surface area contributed by atoms with Crippen LogP contribution in [0.3, 0.4) is 0 Å². The Hall–Kier alpha value is -1.78. The van der Waals surface area contributed by atoms with Crippen molar-refractivity contribution in [3.8, 4) is 0 Å². The first-order valence-electron chi connectivity index (χ1n) is 11.7. The molecule has 3 rings (SSSR count). The molecule has 0 saturated carbocycles. The van der Waals surface area contributed by atoms with Gasteiger partial charge in [0.2, 0.25) is 0 Å². The first-order chi connectivity index (χ1) is 15.5. The van der Waals surface area contributed by atoms with E-state index in [-0.39, 0.29) is 0 Å². The SMILES string of the molecule is C=C1c2c(C)ccc(P)c2C(=S)c2c(NCCNCCC)ccc(NCCNCCC)c21. The zero-order valence-corrected chi connectivity index (χ0v) is 21.6. The average Bonchev–Trinajstić information content (AvgIpc) is 2.78. The third-order valence-electron chi connectivity index (χ3n) is 5.80. The third-order valence-corrected chi connectivity index (χ3v) is 6.69. The smallest absolute Gasteiger partial charge is 0.0562 e. The molecule has 0 fully saturated rings. The van der Waals surface area contributed by atoms with Crippen molar-refractivity contribution in [2.75, 3.05) is 49.9 Å². The van der Waals surface area contributed by atoms with Gasteiger partial charge >= 0.3 is 0 Å². The molecular weight excluding hydrogens is 431 g/mol. The van der Waals surface area contributed by atoms with Crippen molar-refractivity contribution >= 4 is 48.6 Å². The van der Waals surface area contributed by atoms with Crippen LogP contribution in [0.1, 0.15) is 54.5 Å². The van der Waals surface area contributed by atoms with Gasteiger partial charge in [0.05, 0.1) is 4.86 Å². The number of aryl methyl sites for hydroxylation is 1. The number of anilines is 2. The average molecular weight is 469 g/mol. The summed E-state index contributed by atoms with van der Waals surface area (Å²) in [7, 11) is 2.86. The summed E-state index contributed by atoms with van der Waals surface area (Å²) in [6.45, 7) is 16.7. The summed E-state index contributed by atoms with van der Waals surface area (Å²) in [4.78, 5) is 0.896. The maximum atomic E-state index is 6.10. The zero-order chi connectivity index (χ0) is 23.1. The van der Waals surface area contributed by atoms with Gasteiger partial charge in [-0.3, -0.25) is 0 Å². The summed E-state index contributed by atoms with van der Waals surface area (Å²) in [5.74, 6) is 0. The summed E-state index contributed by atoms with van der Waals surface area (Å²) >= 11 is 6.10. The third kappa shape index (κ3) is 5.40. The van der Waals surface area contributed by atoms with Gasteiger partial charge in [-0.15, -0.1) is 9.24 Å². The molecule has 1 unspecified atom stereocenters. The van der Waals surface area contributed by atoms with Crippen molar-refractivity contribution in [2.45, 2.75) is 33.6 Å². The lowest BCUT2D eigenvalue weighted by molar-refractivity contribution is 0.687. The van der Waals surface area contributed by atoms with Crippen LogP contribution in [0.15, 0.2) is 30.8 Å². The van der Waals surface area contributed by atoms with Gasteiger partial charge in [0.15, 0.2) is 0 Å². The highest BCUT2D eigenvalue weighted by atomic mass is 32.1.